The van der Waals surface area contributed by atoms with Crippen molar-refractivity contribution in [3.63, 3.8) is 0 Å². The first kappa shape index (κ1) is 19.1. The van der Waals surface area contributed by atoms with Gasteiger partial charge in [0.25, 0.3) is 11.8 Å². The number of carbonyl (C=O) groups is 4. The van der Waals surface area contributed by atoms with Crippen LogP contribution in [0.5, 0.6) is 0 Å². The van der Waals surface area contributed by atoms with Gasteiger partial charge in [-0.1, -0.05) is 11.6 Å². The Labute approximate surface area is 157 Å². The monoisotopic (exact) mass is 398 g/mol. The number of amides is 2. The molecule has 0 aromatic heterocycles. The van der Waals surface area contributed by atoms with Gasteiger partial charge in [0, 0.05) is 13.1 Å². The quantitative estimate of drug-likeness (QED) is 0.445. The van der Waals surface area contributed by atoms with Crippen molar-refractivity contribution in [2.75, 3.05) is 26.3 Å². The summed E-state index contributed by atoms with van der Waals surface area (Å²) in [6.45, 7) is 1.25. The predicted molar refractivity (Wildman–Crippen MR) is 89.5 cm³/mol. The summed E-state index contributed by atoms with van der Waals surface area (Å²) in [7, 11) is 0. The molecule has 0 saturated carbocycles. The molecule has 0 bridgehead atoms. The number of nitrogens with one attached hydrogen (secondary N) is 2. The summed E-state index contributed by atoms with van der Waals surface area (Å²) in [6, 6.07) is 0.922. The van der Waals surface area contributed by atoms with Gasteiger partial charge in [-0.25, -0.2) is 9.59 Å². The summed E-state index contributed by atoms with van der Waals surface area (Å²) in [5.74, 6) is -4.79. The molecule has 2 unspecified atom stereocenters. The number of ether oxygens (including phenoxy) is 2. The molecule has 2 heterocycles. The zero-order valence-electron chi connectivity index (χ0n) is 13.8. The number of hydrogen-bond acceptors (Lipinski definition) is 6. The van der Waals surface area contributed by atoms with E-state index in [1.54, 1.807) is 0 Å². The second-order valence-electron chi connectivity index (χ2n) is 5.98. The first-order valence-corrected chi connectivity index (χ1v) is 8.30. The van der Waals surface area contributed by atoms with Gasteiger partial charge in [0.15, 0.2) is 0 Å². The number of carboxylic acid groups (broad SMARTS) is 2. The molecule has 2 aliphatic heterocycles. The molecular formula is C16H15ClN2O8. The fourth-order valence-corrected chi connectivity index (χ4v) is 2.77. The molecule has 11 heteroatoms. The molecule has 2 saturated heterocycles. The van der Waals surface area contributed by atoms with Crippen LogP contribution in [-0.2, 0) is 9.47 Å². The van der Waals surface area contributed by atoms with Crippen LogP contribution in [0.4, 0.5) is 0 Å². The van der Waals surface area contributed by atoms with Crippen LogP contribution in [0.15, 0.2) is 6.07 Å². The van der Waals surface area contributed by atoms with E-state index in [1.807, 2.05) is 0 Å². The molecule has 2 amide bonds. The molecule has 0 aliphatic carbocycles. The first-order chi connectivity index (χ1) is 12.8. The van der Waals surface area contributed by atoms with Crippen molar-refractivity contribution < 1.29 is 38.9 Å². The van der Waals surface area contributed by atoms with Crippen molar-refractivity contribution >= 4 is 35.4 Å². The fourth-order valence-electron chi connectivity index (χ4n) is 2.40. The van der Waals surface area contributed by atoms with Crippen LogP contribution in [0.2, 0.25) is 5.02 Å². The van der Waals surface area contributed by atoms with Crippen LogP contribution < -0.4 is 10.6 Å². The molecule has 0 radical (unpaired) electrons. The van der Waals surface area contributed by atoms with E-state index in [1.165, 1.54) is 0 Å². The minimum Gasteiger partial charge on any atom is -0.478 e. The molecular weight excluding hydrogens is 384 g/mol. The Morgan fingerprint density at radius 3 is 1.59 bits per heavy atom. The van der Waals surface area contributed by atoms with E-state index in [9.17, 15) is 29.4 Å². The van der Waals surface area contributed by atoms with Gasteiger partial charge in [-0.3, -0.25) is 9.59 Å². The molecule has 10 nitrogen and oxygen atoms in total. The highest BCUT2D eigenvalue weighted by molar-refractivity contribution is 6.38. The number of aromatic carboxylic acids is 2. The maximum absolute atomic E-state index is 12.4. The van der Waals surface area contributed by atoms with E-state index in [-0.39, 0.29) is 25.3 Å². The van der Waals surface area contributed by atoms with Crippen molar-refractivity contribution in [2.24, 2.45) is 0 Å². The van der Waals surface area contributed by atoms with Gasteiger partial charge in [0.05, 0.1) is 52.7 Å². The van der Waals surface area contributed by atoms with E-state index >= 15 is 0 Å². The number of benzene rings is 1. The van der Waals surface area contributed by atoms with Gasteiger partial charge in [-0.05, 0) is 6.07 Å². The minimum absolute atomic E-state index is 0.150. The van der Waals surface area contributed by atoms with Gasteiger partial charge in [-0.15, -0.1) is 0 Å². The van der Waals surface area contributed by atoms with Crippen molar-refractivity contribution in [1.82, 2.24) is 10.6 Å². The number of carbonyl (C=O) groups excluding carboxylic acids is 2. The molecule has 1 aromatic rings. The predicted octanol–water partition coefficient (Wildman–Crippen LogP) is -0.00640. The molecule has 3 rings (SSSR count). The van der Waals surface area contributed by atoms with E-state index < -0.39 is 51.0 Å². The maximum atomic E-state index is 12.4. The third-order valence-electron chi connectivity index (χ3n) is 3.97. The minimum atomic E-state index is -1.59. The Balaban J connectivity index is 2.00. The zero-order valence-corrected chi connectivity index (χ0v) is 14.5. The summed E-state index contributed by atoms with van der Waals surface area (Å²) >= 11 is 5.98. The summed E-state index contributed by atoms with van der Waals surface area (Å²) in [5.41, 5.74) is -2.20. The topological polar surface area (TPSA) is 158 Å². The Morgan fingerprint density at radius 1 is 0.926 bits per heavy atom. The average molecular weight is 399 g/mol. The van der Waals surface area contributed by atoms with Crippen molar-refractivity contribution in [3.8, 4) is 0 Å². The maximum Gasteiger partial charge on any atom is 0.338 e. The van der Waals surface area contributed by atoms with Crippen LogP contribution in [0, 0.1) is 0 Å². The molecule has 0 spiro atoms. The number of carboxylic acids is 2. The van der Waals surface area contributed by atoms with Gasteiger partial charge < -0.3 is 30.3 Å². The summed E-state index contributed by atoms with van der Waals surface area (Å²) in [5, 5.41) is 23.1. The standard InChI is InChI=1S/C16H15ClN2O8/c17-12-10(15(22)23)8(13(20)18-2-6-4-26-6)1-9(11(12)16(24)25)14(21)19-3-7-5-27-7/h1,6-7H,2-5H2,(H,18,20)(H,19,21)(H,22,23)(H,24,25). The molecule has 4 N–H and O–H groups in total. The van der Waals surface area contributed by atoms with E-state index in [0.29, 0.717) is 13.2 Å². The van der Waals surface area contributed by atoms with Crippen LogP contribution in [0.3, 0.4) is 0 Å². The Morgan fingerprint density at radius 2 is 1.30 bits per heavy atom. The van der Waals surface area contributed by atoms with E-state index in [2.05, 4.69) is 10.6 Å². The van der Waals surface area contributed by atoms with Crippen LogP contribution in [0.1, 0.15) is 41.4 Å². The third-order valence-corrected chi connectivity index (χ3v) is 4.35. The second-order valence-corrected chi connectivity index (χ2v) is 6.35. The van der Waals surface area contributed by atoms with Gasteiger partial charge >= 0.3 is 11.9 Å². The molecule has 144 valence electrons. The summed E-state index contributed by atoms with van der Waals surface area (Å²) in [4.78, 5) is 48.0. The van der Waals surface area contributed by atoms with Crippen molar-refractivity contribution in [1.29, 1.82) is 0 Å². The fraction of sp³-hybridized carbons (Fsp3) is 0.375. The molecule has 1 aromatic carbocycles. The van der Waals surface area contributed by atoms with Gasteiger partial charge in [0.2, 0.25) is 0 Å². The molecule has 2 aliphatic rings. The lowest BCUT2D eigenvalue weighted by atomic mass is 9.96. The van der Waals surface area contributed by atoms with E-state index in [0.717, 1.165) is 6.07 Å². The van der Waals surface area contributed by atoms with Gasteiger partial charge in [0.1, 0.15) is 0 Å². The van der Waals surface area contributed by atoms with Crippen LogP contribution >= 0.6 is 11.6 Å². The second kappa shape index (κ2) is 7.51. The third kappa shape index (κ3) is 4.35. The molecule has 2 atom stereocenters. The number of rotatable bonds is 8. The smallest absolute Gasteiger partial charge is 0.338 e. The van der Waals surface area contributed by atoms with Crippen molar-refractivity contribution in [2.45, 2.75) is 12.2 Å². The lowest BCUT2D eigenvalue weighted by Gasteiger charge is -2.15. The van der Waals surface area contributed by atoms with Gasteiger partial charge in [-0.2, -0.15) is 0 Å². The molecule has 2 fully saturated rings. The Bertz CT molecular complexity index is 768. The van der Waals surface area contributed by atoms with E-state index in [4.69, 9.17) is 21.1 Å². The largest absolute Gasteiger partial charge is 0.478 e. The summed E-state index contributed by atoms with van der Waals surface area (Å²) in [6.07, 6.45) is -0.311. The first-order valence-electron chi connectivity index (χ1n) is 7.92. The zero-order chi connectivity index (χ0) is 19.7. The normalized spacial score (nSPS) is 19.9. The summed E-state index contributed by atoms with van der Waals surface area (Å²) < 4.78 is 9.92. The Hall–Kier alpha value is -2.69. The highest BCUT2D eigenvalue weighted by Gasteiger charge is 2.32. The van der Waals surface area contributed by atoms with Crippen molar-refractivity contribution in [3.05, 3.63) is 33.3 Å². The highest BCUT2D eigenvalue weighted by Crippen LogP contribution is 2.29. The highest BCUT2D eigenvalue weighted by atomic mass is 35.5. The number of epoxide rings is 2. The number of halogens is 1. The number of hydrogen-bond donors (Lipinski definition) is 4. The Kier molecular flexibility index (Phi) is 5.31. The molecule has 27 heavy (non-hydrogen) atoms. The SMILES string of the molecule is O=C(NCC1CO1)c1cc(C(=O)NCC2CO2)c(C(=O)O)c(Cl)c1C(=O)O. The van der Waals surface area contributed by atoms with Crippen LogP contribution in [0.25, 0.3) is 0 Å². The van der Waals surface area contributed by atoms with Crippen LogP contribution in [-0.4, -0.2) is 72.5 Å². The lowest BCUT2D eigenvalue weighted by Crippen LogP contribution is -2.32. The lowest BCUT2D eigenvalue weighted by molar-refractivity contribution is 0.0688. The average Bonchev–Trinajstić information content (AvgIpc) is 3.50.